The van der Waals surface area contributed by atoms with E-state index >= 15 is 0 Å². The molecule has 0 aliphatic rings. The summed E-state index contributed by atoms with van der Waals surface area (Å²) in [4.78, 5) is 20.1. The Labute approximate surface area is 159 Å². The first kappa shape index (κ1) is 18.6. The van der Waals surface area contributed by atoms with Crippen LogP contribution < -0.4 is 5.32 Å². The molecule has 0 saturated heterocycles. The lowest BCUT2D eigenvalue weighted by Crippen LogP contribution is -2.03. The van der Waals surface area contributed by atoms with Crippen LogP contribution in [-0.4, -0.2) is 28.8 Å². The van der Waals surface area contributed by atoms with Crippen molar-refractivity contribution >= 4 is 40.1 Å². The maximum atomic E-state index is 13.6. The molecule has 136 valence electrons. The van der Waals surface area contributed by atoms with E-state index in [2.05, 4.69) is 26.1 Å². The molecule has 0 aliphatic carbocycles. The molecule has 0 fully saturated rings. The van der Waals surface area contributed by atoms with E-state index in [4.69, 9.17) is 5.26 Å². The van der Waals surface area contributed by atoms with Crippen molar-refractivity contribution in [3.8, 4) is 6.07 Å². The van der Waals surface area contributed by atoms with Crippen LogP contribution in [0.4, 0.5) is 15.9 Å². The fraction of sp³-hybridized carbons (Fsp3) is 0.158. The minimum Gasteiger partial charge on any atom is -0.469 e. The Balaban J connectivity index is 1.91. The van der Waals surface area contributed by atoms with Gasteiger partial charge in [0.2, 0.25) is 0 Å². The topological polar surface area (TPSA) is 87.9 Å². The second-order valence-electron chi connectivity index (χ2n) is 5.51. The number of methoxy groups -OCH3 is 1. The van der Waals surface area contributed by atoms with Gasteiger partial charge in [0.25, 0.3) is 0 Å². The molecule has 27 heavy (non-hydrogen) atoms. The zero-order valence-corrected chi connectivity index (χ0v) is 15.2. The number of aromatic nitrogens is 2. The number of esters is 1. The third-order valence-electron chi connectivity index (χ3n) is 3.68. The van der Waals surface area contributed by atoms with E-state index < -0.39 is 5.82 Å². The number of benzene rings is 2. The molecule has 0 atom stereocenters. The summed E-state index contributed by atoms with van der Waals surface area (Å²) < 4.78 is 18.3. The first-order valence-electron chi connectivity index (χ1n) is 8.03. The van der Waals surface area contributed by atoms with Crippen molar-refractivity contribution in [1.29, 1.82) is 5.26 Å². The number of carbonyl (C=O) groups excluding carboxylic acids is 1. The average Bonchev–Trinajstić information content (AvgIpc) is 2.68. The molecule has 0 bridgehead atoms. The van der Waals surface area contributed by atoms with Crippen LogP contribution in [0, 0.1) is 17.1 Å². The van der Waals surface area contributed by atoms with Crippen LogP contribution in [0.5, 0.6) is 0 Å². The Morgan fingerprint density at radius 1 is 1.26 bits per heavy atom. The van der Waals surface area contributed by atoms with Crippen LogP contribution in [0.2, 0.25) is 0 Å². The van der Waals surface area contributed by atoms with E-state index in [-0.39, 0.29) is 12.4 Å². The number of hydrogen-bond acceptors (Lipinski definition) is 7. The highest BCUT2D eigenvalue weighted by Gasteiger charge is 2.11. The number of ether oxygens (including phenoxy) is 1. The van der Waals surface area contributed by atoms with Gasteiger partial charge < -0.3 is 10.1 Å². The van der Waals surface area contributed by atoms with E-state index in [0.717, 1.165) is 5.69 Å². The van der Waals surface area contributed by atoms with Crippen LogP contribution >= 0.6 is 11.8 Å². The van der Waals surface area contributed by atoms with Crippen molar-refractivity contribution in [2.45, 2.75) is 11.6 Å². The normalized spacial score (nSPS) is 10.4. The SMILES string of the molecule is COC(=O)CCSc1nc(Nc2ccc(C#N)cc2)c2ccc(F)cc2n1. The quantitative estimate of drug-likeness (QED) is 0.391. The number of nitrogens with zero attached hydrogens (tertiary/aromatic N) is 3. The predicted molar refractivity (Wildman–Crippen MR) is 101 cm³/mol. The molecule has 0 amide bonds. The summed E-state index contributed by atoms with van der Waals surface area (Å²) in [5.41, 5.74) is 1.75. The second kappa shape index (κ2) is 8.47. The summed E-state index contributed by atoms with van der Waals surface area (Å²) in [6.45, 7) is 0. The van der Waals surface area contributed by atoms with Crippen LogP contribution in [-0.2, 0) is 9.53 Å². The molecule has 8 heteroatoms. The van der Waals surface area contributed by atoms with Crippen molar-refractivity contribution < 1.29 is 13.9 Å². The monoisotopic (exact) mass is 382 g/mol. The number of anilines is 2. The summed E-state index contributed by atoms with van der Waals surface area (Å²) in [7, 11) is 1.34. The Morgan fingerprint density at radius 2 is 2.04 bits per heavy atom. The van der Waals surface area contributed by atoms with E-state index in [1.165, 1.54) is 31.0 Å². The highest BCUT2D eigenvalue weighted by atomic mass is 32.2. The largest absolute Gasteiger partial charge is 0.469 e. The molecule has 0 aliphatic heterocycles. The van der Waals surface area contributed by atoms with E-state index in [9.17, 15) is 9.18 Å². The molecule has 1 heterocycles. The molecular formula is C19H15FN4O2S. The molecule has 3 aromatic rings. The third kappa shape index (κ3) is 4.71. The Kier molecular flexibility index (Phi) is 5.84. The van der Waals surface area contributed by atoms with Gasteiger partial charge in [0, 0.05) is 22.9 Å². The van der Waals surface area contributed by atoms with Gasteiger partial charge in [0.1, 0.15) is 11.6 Å². The summed E-state index contributed by atoms with van der Waals surface area (Å²) in [6.07, 6.45) is 0.226. The lowest BCUT2D eigenvalue weighted by Gasteiger charge is -2.11. The lowest BCUT2D eigenvalue weighted by atomic mass is 10.2. The first-order chi connectivity index (χ1) is 13.1. The molecule has 1 aromatic heterocycles. The maximum absolute atomic E-state index is 13.6. The van der Waals surface area contributed by atoms with Gasteiger partial charge in [-0.15, -0.1) is 0 Å². The maximum Gasteiger partial charge on any atom is 0.306 e. The summed E-state index contributed by atoms with van der Waals surface area (Å²) in [6, 6.07) is 13.3. The van der Waals surface area contributed by atoms with Gasteiger partial charge in [-0.05, 0) is 36.4 Å². The highest BCUT2D eigenvalue weighted by Crippen LogP contribution is 2.28. The van der Waals surface area contributed by atoms with Crippen molar-refractivity contribution in [2.75, 3.05) is 18.2 Å². The molecular weight excluding hydrogens is 367 g/mol. The van der Waals surface area contributed by atoms with Crippen molar-refractivity contribution in [3.63, 3.8) is 0 Å². The number of nitriles is 1. The highest BCUT2D eigenvalue weighted by molar-refractivity contribution is 7.99. The predicted octanol–water partition coefficient (Wildman–Crippen LogP) is 4.04. The van der Waals surface area contributed by atoms with E-state index in [1.54, 1.807) is 30.3 Å². The van der Waals surface area contributed by atoms with Crippen molar-refractivity contribution in [1.82, 2.24) is 9.97 Å². The van der Waals surface area contributed by atoms with Crippen LogP contribution in [0.3, 0.4) is 0 Å². The molecule has 6 nitrogen and oxygen atoms in total. The summed E-state index contributed by atoms with van der Waals surface area (Å²) in [5.74, 6) is 0.260. The zero-order chi connectivity index (χ0) is 19.2. The van der Waals surface area contributed by atoms with Gasteiger partial charge in [0.15, 0.2) is 5.16 Å². The third-order valence-corrected chi connectivity index (χ3v) is 4.53. The minimum atomic E-state index is -0.393. The number of halogens is 1. The number of nitrogens with one attached hydrogen (secondary N) is 1. The fourth-order valence-corrected chi connectivity index (χ4v) is 3.10. The van der Waals surface area contributed by atoms with Gasteiger partial charge >= 0.3 is 5.97 Å². The van der Waals surface area contributed by atoms with Crippen molar-refractivity contribution in [3.05, 3.63) is 53.8 Å². The van der Waals surface area contributed by atoms with Crippen molar-refractivity contribution in [2.24, 2.45) is 0 Å². The lowest BCUT2D eigenvalue weighted by molar-refractivity contribution is -0.140. The number of carbonyl (C=O) groups is 1. The van der Waals surface area contributed by atoms with Crippen LogP contribution in [0.1, 0.15) is 12.0 Å². The molecule has 2 aromatic carbocycles. The zero-order valence-electron chi connectivity index (χ0n) is 14.4. The van der Waals surface area contributed by atoms with Gasteiger partial charge in [-0.2, -0.15) is 5.26 Å². The molecule has 0 radical (unpaired) electrons. The second-order valence-corrected chi connectivity index (χ2v) is 6.57. The Hall–Kier alpha value is -3.18. The Morgan fingerprint density at radius 3 is 2.74 bits per heavy atom. The van der Waals surface area contributed by atoms with Gasteiger partial charge in [-0.1, -0.05) is 11.8 Å². The first-order valence-corrected chi connectivity index (χ1v) is 9.01. The van der Waals surface area contributed by atoms with Gasteiger partial charge in [-0.3, -0.25) is 4.79 Å². The number of fused-ring (bicyclic) bond motifs is 1. The summed E-state index contributed by atoms with van der Waals surface area (Å²) >= 11 is 1.29. The molecule has 0 unspecified atom stereocenters. The van der Waals surface area contributed by atoms with E-state index in [1.807, 2.05) is 0 Å². The number of thioether (sulfide) groups is 1. The van der Waals surface area contributed by atoms with Gasteiger partial charge in [0.05, 0.1) is 30.7 Å². The minimum absolute atomic E-state index is 0.226. The van der Waals surface area contributed by atoms with E-state index in [0.29, 0.717) is 33.2 Å². The van der Waals surface area contributed by atoms with Gasteiger partial charge in [-0.25, -0.2) is 14.4 Å². The van der Waals surface area contributed by atoms with Crippen LogP contribution in [0.25, 0.3) is 10.9 Å². The van der Waals surface area contributed by atoms with Crippen LogP contribution in [0.15, 0.2) is 47.6 Å². The average molecular weight is 382 g/mol. The fourth-order valence-electron chi connectivity index (χ4n) is 2.33. The number of rotatable bonds is 6. The smallest absolute Gasteiger partial charge is 0.306 e. The standard InChI is InChI=1S/C19H15FN4O2S/c1-26-17(25)8-9-27-19-23-16-10-13(20)4-7-15(16)18(24-19)22-14-5-2-12(11-21)3-6-14/h2-7,10H,8-9H2,1H3,(H,22,23,24). The Bertz CT molecular complexity index is 1020. The number of hydrogen-bond donors (Lipinski definition) is 1. The summed E-state index contributed by atoms with van der Waals surface area (Å²) in [5, 5.41) is 13.2. The molecule has 1 N–H and O–H groups in total. The molecule has 0 saturated carbocycles. The molecule has 3 rings (SSSR count). The molecule has 0 spiro atoms.